The molecule has 5 nitrogen and oxygen atoms in total. The van der Waals surface area contributed by atoms with Crippen LogP contribution in [0.3, 0.4) is 0 Å². The molecule has 1 N–H and O–H groups in total. The smallest absolute Gasteiger partial charge is 0.289 e. The number of hydrogen-bond acceptors (Lipinski definition) is 3. The summed E-state index contributed by atoms with van der Waals surface area (Å²) in [5.41, 5.74) is 1.51. The molecule has 1 unspecified atom stereocenters. The zero-order valence-corrected chi connectivity index (χ0v) is 13.1. The molecule has 1 aliphatic heterocycles. The Morgan fingerprint density at radius 3 is 2.67 bits per heavy atom. The lowest BCUT2D eigenvalue weighted by Crippen LogP contribution is -2.31. The van der Waals surface area contributed by atoms with Gasteiger partial charge in [0.1, 0.15) is 0 Å². The van der Waals surface area contributed by atoms with Gasteiger partial charge in [-0.25, -0.2) is 4.98 Å². The second kappa shape index (κ2) is 5.92. The van der Waals surface area contributed by atoms with Crippen LogP contribution in [0.2, 0.25) is 0 Å². The number of amides is 1. The van der Waals surface area contributed by atoms with Crippen molar-refractivity contribution in [1.29, 1.82) is 0 Å². The number of likely N-dealkylation sites (tertiary alicyclic amines) is 1. The highest BCUT2D eigenvalue weighted by atomic mass is 16.2. The Morgan fingerprint density at radius 1 is 1.08 bits per heavy atom. The topological polar surface area (TPSA) is 66.1 Å². The average molecular weight is 319 g/mol. The van der Waals surface area contributed by atoms with Crippen molar-refractivity contribution in [3.05, 3.63) is 76.3 Å². The second-order valence-electron chi connectivity index (χ2n) is 6.08. The molecule has 1 amide bonds. The molecule has 0 spiro atoms. The van der Waals surface area contributed by atoms with Crippen molar-refractivity contribution in [2.45, 2.75) is 12.3 Å². The fraction of sp³-hybridized carbons (Fsp3) is 0.211. The van der Waals surface area contributed by atoms with E-state index in [2.05, 4.69) is 22.1 Å². The highest BCUT2D eigenvalue weighted by molar-refractivity contribution is 5.92. The van der Waals surface area contributed by atoms with E-state index in [0.29, 0.717) is 29.9 Å². The molecule has 4 rings (SSSR count). The predicted octanol–water partition coefficient (Wildman–Crippen LogP) is 2.55. The van der Waals surface area contributed by atoms with Crippen LogP contribution in [-0.4, -0.2) is 33.9 Å². The Labute approximate surface area is 139 Å². The maximum Gasteiger partial charge on any atom is 0.289 e. The summed E-state index contributed by atoms with van der Waals surface area (Å²) in [6.45, 7) is 1.33. The normalized spacial score (nSPS) is 17.3. The van der Waals surface area contributed by atoms with Crippen molar-refractivity contribution in [3.8, 4) is 0 Å². The number of hydrogen-bond donors (Lipinski definition) is 1. The van der Waals surface area contributed by atoms with Crippen LogP contribution < -0.4 is 5.56 Å². The minimum absolute atomic E-state index is 0.118. The first-order valence-corrected chi connectivity index (χ1v) is 8.05. The van der Waals surface area contributed by atoms with Gasteiger partial charge < -0.3 is 9.88 Å². The molecule has 24 heavy (non-hydrogen) atoms. The van der Waals surface area contributed by atoms with Crippen LogP contribution in [0.4, 0.5) is 0 Å². The maximum absolute atomic E-state index is 12.7. The number of aromatic amines is 1. The van der Waals surface area contributed by atoms with E-state index in [1.54, 1.807) is 23.1 Å². The zero-order chi connectivity index (χ0) is 16.5. The molecular formula is C19H17N3O2. The van der Waals surface area contributed by atoms with Crippen molar-refractivity contribution in [2.75, 3.05) is 13.1 Å². The molecule has 5 heteroatoms. The van der Waals surface area contributed by atoms with Gasteiger partial charge in [-0.1, -0.05) is 42.5 Å². The Balaban J connectivity index is 1.60. The molecule has 0 bridgehead atoms. The second-order valence-corrected chi connectivity index (χ2v) is 6.08. The molecule has 1 saturated heterocycles. The van der Waals surface area contributed by atoms with Crippen molar-refractivity contribution in [3.63, 3.8) is 0 Å². The predicted molar refractivity (Wildman–Crippen MR) is 92.1 cm³/mol. The fourth-order valence-electron chi connectivity index (χ4n) is 3.28. The van der Waals surface area contributed by atoms with E-state index in [-0.39, 0.29) is 17.3 Å². The maximum atomic E-state index is 12.7. The molecule has 1 fully saturated rings. The minimum Gasteiger partial charge on any atom is -0.335 e. The number of carbonyl (C=O) groups is 1. The third-order valence-corrected chi connectivity index (χ3v) is 4.56. The van der Waals surface area contributed by atoms with Crippen molar-refractivity contribution >= 4 is 16.8 Å². The van der Waals surface area contributed by atoms with Gasteiger partial charge in [-0.05, 0) is 24.1 Å². The number of nitrogens with one attached hydrogen (secondary N) is 1. The summed E-state index contributed by atoms with van der Waals surface area (Å²) >= 11 is 0. The van der Waals surface area contributed by atoms with Gasteiger partial charge in [0.25, 0.3) is 11.5 Å². The van der Waals surface area contributed by atoms with Crippen molar-refractivity contribution < 1.29 is 4.79 Å². The van der Waals surface area contributed by atoms with Gasteiger partial charge in [0.15, 0.2) is 5.82 Å². The van der Waals surface area contributed by atoms with E-state index in [1.165, 1.54) is 5.56 Å². The van der Waals surface area contributed by atoms with Gasteiger partial charge in [-0.3, -0.25) is 9.59 Å². The number of rotatable bonds is 2. The number of para-hydroxylation sites is 1. The number of benzene rings is 2. The highest BCUT2D eigenvalue weighted by Gasteiger charge is 2.29. The molecule has 2 heterocycles. The number of aromatic nitrogens is 2. The molecule has 2 aromatic carbocycles. The molecule has 3 aromatic rings. The first-order chi connectivity index (χ1) is 11.7. The lowest BCUT2D eigenvalue weighted by Gasteiger charge is -2.16. The van der Waals surface area contributed by atoms with E-state index in [4.69, 9.17) is 0 Å². The van der Waals surface area contributed by atoms with Crippen molar-refractivity contribution in [2.24, 2.45) is 0 Å². The quantitative estimate of drug-likeness (QED) is 0.789. The van der Waals surface area contributed by atoms with E-state index >= 15 is 0 Å². The van der Waals surface area contributed by atoms with Crippen LogP contribution in [0.25, 0.3) is 10.9 Å². The van der Waals surface area contributed by atoms with Crippen LogP contribution in [0.5, 0.6) is 0 Å². The third kappa shape index (κ3) is 2.58. The molecule has 1 aliphatic rings. The minimum atomic E-state index is -0.275. The summed E-state index contributed by atoms with van der Waals surface area (Å²) in [7, 11) is 0. The van der Waals surface area contributed by atoms with E-state index in [9.17, 15) is 9.59 Å². The van der Waals surface area contributed by atoms with Crippen LogP contribution >= 0.6 is 0 Å². The summed E-state index contributed by atoms with van der Waals surface area (Å²) in [5.74, 6) is 0.242. The SMILES string of the molecule is O=C(c1nc2ccccc2c(=O)[nH]1)N1CCC(c2ccccc2)C1. The Morgan fingerprint density at radius 2 is 1.83 bits per heavy atom. The molecule has 1 atom stereocenters. The largest absolute Gasteiger partial charge is 0.335 e. The van der Waals surface area contributed by atoms with Gasteiger partial charge in [0.2, 0.25) is 0 Å². The summed E-state index contributed by atoms with van der Waals surface area (Å²) in [6.07, 6.45) is 0.924. The van der Waals surface area contributed by atoms with Gasteiger partial charge in [0.05, 0.1) is 10.9 Å². The number of fused-ring (bicyclic) bond motifs is 1. The monoisotopic (exact) mass is 319 g/mol. The fourth-order valence-corrected chi connectivity index (χ4v) is 3.28. The van der Waals surface area contributed by atoms with Crippen LogP contribution in [0.15, 0.2) is 59.4 Å². The Bertz CT molecular complexity index is 949. The zero-order valence-electron chi connectivity index (χ0n) is 13.1. The summed E-state index contributed by atoms with van der Waals surface area (Å²) in [6, 6.07) is 17.3. The van der Waals surface area contributed by atoms with Crippen LogP contribution in [0, 0.1) is 0 Å². The van der Waals surface area contributed by atoms with Crippen LogP contribution in [0.1, 0.15) is 28.5 Å². The first kappa shape index (κ1) is 14.6. The highest BCUT2D eigenvalue weighted by Crippen LogP contribution is 2.27. The van der Waals surface area contributed by atoms with E-state index < -0.39 is 0 Å². The molecule has 1 aromatic heterocycles. The lowest BCUT2D eigenvalue weighted by molar-refractivity contribution is 0.0779. The molecule has 0 aliphatic carbocycles. The summed E-state index contributed by atoms with van der Waals surface area (Å²) < 4.78 is 0. The molecular weight excluding hydrogens is 302 g/mol. The number of nitrogens with zero attached hydrogens (tertiary/aromatic N) is 2. The average Bonchev–Trinajstić information content (AvgIpc) is 3.12. The van der Waals surface area contributed by atoms with Crippen molar-refractivity contribution in [1.82, 2.24) is 14.9 Å². The third-order valence-electron chi connectivity index (χ3n) is 4.56. The number of H-pyrrole nitrogens is 1. The van der Waals surface area contributed by atoms with E-state index in [1.807, 2.05) is 24.3 Å². The Hall–Kier alpha value is -2.95. The molecule has 0 radical (unpaired) electrons. The molecule has 120 valence electrons. The first-order valence-electron chi connectivity index (χ1n) is 8.05. The van der Waals surface area contributed by atoms with E-state index in [0.717, 1.165) is 6.42 Å². The van der Waals surface area contributed by atoms with Gasteiger partial charge in [0, 0.05) is 19.0 Å². The summed E-state index contributed by atoms with van der Waals surface area (Å²) in [4.78, 5) is 33.6. The van der Waals surface area contributed by atoms with Gasteiger partial charge in [-0.2, -0.15) is 0 Å². The molecule has 0 saturated carbocycles. The van der Waals surface area contributed by atoms with Crippen LogP contribution in [-0.2, 0) is 0 Å². The summed E-state index contributed by atoms with van der Waals surface area (Å²) in [5, 5.41) is 0.498. The van der Waals surface area contributed by atoms with Gasteiger partial charge in [-0.15, -0.1) is 0 Å². The number of carbonyl (C=O) groups excluding carboxylic acids is 1. The lowest BCUT2D eigenvalue weighted by atomic mass is 9.99. The Kier molecular flexibility index (Phi) is 3.61. The van der Waals surface area contributed by atoms with Gasteiger partial charge >= 0.3 is 0 Å². The standard InChI is InChI=1S/C19H17N3O2/c23-18-15-8-4-5-9-16(15)20-17(21-18)19(24)22-11-10-14(12-22)13-6-2-1-3-7-13/h1-9,14H,10-12H2,(H,20,21,23).